The average molecular weight is 681 g/mol. The number of nitrogens with one attached hydrogen (secondary N) is 1. The molecule has 1 fully saturated rings. The van der Waals surface area contributed by atoms with Crippen molar-refractivity contribution in [3.63, 3.8) is 0 Å². The van der Waals surface area contributed by atoms with Gasteiger partial charge in [0.25, 0.3) is 0 Å². The Morgan fingerprint density at radius 1 is 0.872 bits per heavy atom. The number of unbranched alkanes of at least 4 members (excludes halogenated alkanes) is 3. The molecule has 0 radical (unpaired) electrons. The van der Waals surface area contributed by atoms with Crippen molar-refractivity contribution in [2.45, 2.75) is 83.1 Å². The minimum Gasteiger partial charge on any atom is -0.481 e. The Morgan fingerprint density at radius 2 is 1.60 bits per heavy atom. The molecule has 11 heteroatoms. The first kappa shape index (κ1) is 34.6. The number of ether oxygens (including phenoxy) is 2. The first-order chi connectivity index (χ1) is 22.8. The standard InChI is InChI=1S/C36H39Cl2N3O6/c37-34-35(38)41(23-40-34)21-30-19-31(27-12-10-24(22-42)11-13-27)47-36(46-30)28-16-14-26(15-17-28)29-7-5-6-25(18-29)20-39-32(43)8-3-1-2-4-9-33(44)45/h5-7,10-18,23,30-31,36,42H,1-4,8-9,19-22H2,(H,39,43)(H,44,45)/t30-,31+,36+/m0/s1. The number of aliphatic carboxylic acids is 1. The maximum absolute atomic E-state index is 12.3. The summed E-state index contributed by atoms with van der Waals surface area (Å²) in [6, 6.07) is 23.9. The van der Waals surface area contributed by atoms with Gasteiger partial charge in [0.15, 0.2) is 11.4 Å². The smallest absolute Gasteiger partial charge is 0.303 e. The zero-order valence-electron chi connectivity index (χ0n) is 26.0. The molecule has 1 saturated heterocycles. The topological polar surface area (TPSA) is 123 Å². The predicted molar refractivity (Wildman–Crippen MR) is 180 cm³/mol. The highest BCUT2D eigenvalue weighted by atomic mass is 35.5. The van der Waals surface area contributed by atoms with Gasteiger partial charge in [-0.1, -0.05) is 103 Å². The number of aliphatic hydroxyl groups excluding tert-OH is 1. The minimum absolute atomic E-state index is 0.00942. The molecule has 9 nitrogen and oxygen atoms in total. The molecular formula is C36H39Cl2N3O6. The molecule has 0 aliphatic carbocycles. The number of carbonyl (C=O) groups excluding carboxylic acids is 1. The lowest BCUT2D eigenvalue weighted by Crippen LogP contribution is -2.32. The van der Waals surface area contributed by atoms with Crippen molar-refractivity contribution >= 4 is 35.1 Å². The number of carboxylic acid groups (broad SMARTS) is 1. The lowest BCUT2D eigenvalue weighted by molar-refractivity contribution is -0.252. The van der Waals surface area contributed by atoms with Crippen molar-refractivity contribution in [2.24, 2.45) is 0 Å². The second-order valence-electron chi connectivity index (χ2n) is 11.7. The maximum atomic E-state index is 12.3. The van der Waals surface area contributed by atoms with Crippen molar-refractivity contribution in [1.29, 1.82) is 0 Å². The average Bonchev–Trinajstić information content (AvgIpc) is 3.41. The lowest BCUT2D eigenvalue weighted by Gasteiger charge is -2.36. The normalized spacial score (nSPS) is 17.8. The summed E-state index contributed by atoms with van der Waals surface area (Å²) in [6.45, 7) is 0.863. The van der Waals surface area contributed by atoms with Crippen molar-refractivity contribution in [1.82, 2.24) is 14.9 Å². The number of hydrogen-bond acceptors (Lipinski definition) is 6. The number of carboxylic acids is 1. The van der Waals surface area contributed by atoms with Crippen LogP contribution in [0.25, 0.3) is 11.1 Å². The number of rotatable bonds is 15. The number of nitrogens with zero attached hydrogens (tertiary/aromatic N) is 2. The number of aliphatic hydroxyl groups is 1. The van der Waals surface area contributed by atoms with E-state index in [-0.39, 0.29) is 36.3 Å². The summed E-state index contributed by atoms with van der Waals surface area (Å²) in [5, 5.41) is 21.8. The molecule has 0 unspecified atom stereocenters. The summed E-state index contributed by atoms with van der Waals surface area (Å²) < 4.78 is 14.7. The Morgan fingerprint density at radius 3 is 2.28 bits per heavy atom. The fraction of sp³-hybridized carbons (Fsp3) is 0.361. The summed E-state index contributed by atoms with van der Waals surface area (Å²) in [5.41, 5.74) is 5.74. The molecule has 4 aromatic rings. The second-order valence-corrected chi connectivity index (χ2v) is 12.5. The SMILES string of the molecule is O=C(O)CCCCCCC(=O)NCc1cccc(-c2ccc([C@@H]3O[C@H](Cn4cnc(Cl)c4Cl)C[C@H](c4ccc(CO)cc4)O3)cc2)c1. The van der Waals surface area contributed by atoms with Crippen molar-refractivity contribution in [3.05, 3.63) is 112 Å². The highest BCUT2D eigenvalue weighted by molar-refractivity contribution is 6.40. The fourth-order valence-corrected chi connectivity index (χ4v) is 5.93. The number of aromatic nitrogens is 2. The molecular weight excluding hydrogens is 641 g/mol. The lowest BCUT2D eigenvalue weighted by atomic mass is 9.99. The van der Waals surface area contributed by atoms with Crippen LogP contribution < -0.4 is 5.32 Å². The van der Waals surface area contributed by atoms with Gasteiger partial charge in [0.05, 0.1) is 31.7 Å². The van der Waals surface area contributed by atoms with Crippen molar-refractivity contribution in [2.75, 3.05) is 0 Å². The molecule has 3 aromatic carbocycles. The van der Waals surface area contributed by atoms with E-state index in [9.17, 15) is 14.7 Å². The summed E-state index contributed by atoms with van der Waals surface area (Å²) in [7, 11) is 0. The highest BCUT2D eigenvalue weighted by Crippen LogP contribution is 2.39. The molecule has 3 N–H and O–H groups in total. The van der Waals surface area contributed by atoms with Crippen LogP contribution in [-0.2, 0) is 38.8 Å². The summed E-state index contributed by atoms with van der Waals surface area (Å²) >= 11 is 12.4. The van der Waals surface area contributed by atoms with Crippen LogP contribution in [-0.4, -0.2) is 37.7 Å². The van der Waals surface area contributed by atoms with E-state index in [0.717, 1.165) is 52.6 Å². The molecule has 5 rings (SSSR count). The third-order valence-electron chi connectivity index (χ3n) is 8.23. The summed E-state index contributed by atoms with van der Waals surface area (Å²) in [4.78, 5) is 27.0. The Labute approximate surface area is 284 Å². The molecule has 0 spiro atoms. The van der Waals surface area contributed by atoms with Gasteiger partial charge in [-0.25, -0.2) is 4.98 Å². The maximum Gasteiger partial charge on any atom is 0.303 e. The van der Waals surface area contributed by atoms with Crippen molar-refractivity contribution in [3.8, 4) is 11.1 Å². The largest absolute Gasteiger partial charge is 0.481 e. The molecule has 1 aliphatic rings. The first-order valence-corrected chi connectivity index (χ1v) is 16.6. The zero-order chi connectivity index (χ0) is 33.2. The Balaban J connectivity index is 1.22. The van der Waals surface area contributed by atoms with Crippen LogP contribution in [0, 0.1) is 0 Å². The molecule has 3 atom stereocenters. The Bertz CT molecular complexity index is 1630. The van der Waals surface area contributed by atoms with E-state index in [4.69, 9.17) is 37.8 Å². The number of hydrogen-bond donors (Lipinski definition) is 3. The van der Waals surface area contributed by atoms with E-state index < -0.39 is 12.3 Å². The van der Waals surface area contributed by atoms with E-state index in [1.54, 1.807) is 10.9 Å². The first-order valence-electron chi connectivity index (χ1n) is 15.8. The van der Waals surface area contributed by atoms with Gasteiger partial charge in [-0.3, -0.25) is 9.59 Å². The van der Waals surface area contributed by atoms with Gasteiger partial charge in [-0.15, -0.1) is 0 Å². The number of carbonyl (C=O) groups is 2. The molecule has 248 valence electrons. The molecule has 1 aliphatic heterocycles. The number of halogens is 2. The van der Waals surface area contributed by atoms with Gasteiger partial charge in [0, 0.05) is 31.4 Å². The number of amides is 1. The molecule has 47 heavy (non-hydrogen) atoms. The molecule has 1 amide bonds. The zero-order valence-corrected chi connectivity index (χ0v) is 27.5. The van der Waals surface area contributed by atoms with Gasteiger partial charge in [0.2, 0.25) is 5.91 Å². The van der Waals surface area contributed by atoms with E-state index in [1.165, 1.54) is 0 Å². The highest BCUT2D eigenvalue weighted by Gasteiger charge is 2.33. The minimum atomic E-state index is -0.780. The van der Waals surface area contributed by atoms with Gasteiger partial charge >= 0.3 is 5.97 Å². The van der Waals surface area contributed by atoms with E-state index in [2.05, 4.69) is 16.4 Å². The van der Waals surface area contributed by atoms with E-state index in [1.807, 2.05) is 66.7 Å². The number of benzene rings is 3. The van der Waals surface area contributed by atoms with Gasteiger partial charge < -0.3 is 29.6 Å². The Kier molecular flexibility index (Phi) is 12.4. The molecule has 0 bridgehead atoms. The van der Waals surface area contributed by atoms with E-state index in [0.29, 0.717) is 37.5 Å². The van der Waals surface area contributed by atoms with Crippen LogP contribution in [0.5, 0.6) is 0 Å². The molecule has 1 aromatic heterocycles. The number of imidazole rings is 1. The van der Waals surface area contributed by atoms with Crippen molar-refractivity contribution < 1.29 is 29.3 Å². The van der Waals surface area contributed by atoms with Gasteiger partial charge in [-0.05, 0) is 46.7 Å². The second kappa shape index (κ2) is 16.9. The van der Waals surface area contributed by atoms with Crippen LogP contribution in [0.1, 0.15) is 79.6 Å². The predicted octanol–water partition coefficient (Wildman–Crippen LogP) is 7.64. The molecule has 0 saturated carbocycles. The van der Waals surface area contributed by atoms with Gasteiger partial charge in [-0.2, -0.15) is 0 Å². The fourth-order valence-electron chi connectivity index (χ4n) is 5.62. The van der Waals surface area contributed by atoms with E-state index >= 15 is 0 Å². The van der Waals surface area contributed by atoms with Crippen LogP contribution in [0.2, 0.25) is 10.3 Å². The monoisotopic (exact) mass is 679 g/mol. The van der Waals surface area contributed by atoms with Gasteiger partial charge in [0.1, 0.15) is 5.15 Å². The van der Waals surface area contributed by atoms with Crippen LogP contribution >= 0.6 is 23.2 Å². The van der Waals surface area contributed by atoms with Crippen LogP contribution in [0.3, 0.4) is 0 Å². The van der Waals surface area contributed by atoms with Crippen LogP contribution in [0.15, 0.2) is 79.1 Å². The molecule has 2 heterocycles. The summed E-state index contributed by atoms with van der Waals surface area (Å²) in [5.74, 6) is -0.790. The third kappa shape index (κ3) is 9.89. The third-order valence-corrected chi connectivity index (χ3v) is 8.99. The quantitative estimate of drug-likeness (QED) is 0.110. The summed E-state index contributed by atoms with van der Waals surface area (Å²) in [6.07, 6.45) is 4.75. The van der Waals surface area contributed by atoms with Crippen LogP contribution in [0.4, 0.5) is 0 Å². The Hall–Kier alpha value is -3.73.